The molecule has 134 valence electrons. The van der Waals surface area contributed by atoms with Crippen molar-refractivity contribution in [2.75, 3.05) is 13.0 Å². The molecule has 0 radical (unpaired) electrons. The van der Waals surface area contributed by atoms with Gasteiger partial charge >= 0.3 is 5.97 Å². The summed E-state index contributed by atoms with van der Waals surface area (Å²) in [7, 11) is 1.35. The van der Waals surface area contributed by atoms with Gasteiger partial charge in [0, 0.05) is 11.3 Å². The fraction of sp³-hybridized carbons (Fsp3) is 0.118. The normalized spacial score (nSPS) is 10.7. The average Bonchev–Trinajstić information content (AvgIpc) is 3.02. The monoisotopic (exact) mass is 408 g/mol. The summed E-state index contributed by atoms with van der Waals surface area (Å²) in [6, 6.07) is 12.3. The highest BCUT2D eigenvalue weighted by molar-refractivity contribution is 7.98. The Kier molecular flexibility index (Phi) is 5.70. The first-order valence-electron chi connectivity index (χ1n) is 7.45. The van der Waals surface area contributed by atoms with E-state index in [9.17, 15) is 4.79 Å². The molecular weight excluding hydrogens is 395 g/mol. The van der Waals surface area contributed by atoms with E-state index in [-0.39, 0.29) is 5.97 Å². The van der Waals surface area contributed by atoms with Gasteiger partial charge in [-0.15, -0.1) is 10.2 Å². The highest BCUT2D eigenvalue weighted by Crippen LogP contribution is 2.29. The van der Waals surface area contributed by atoms with Gasteiger partial charge in [0.25, 0.3) is 0 Å². The topological polar surface area (TPSA) is 83.0 Å². The summed E-state index contributed by atoms with van der Waals surface area (Å²) in [4.78, 5) is 11.4. The quantitative estimate of drug-likeness (QED) is 0.389. The summed E-state index contributed by atoms with van der Waals surface area (Å²) in [6.45, 7) is 0. The van der Waals surface area contributed by atoms with Gasteiger partial charge in [0.1, 0.15) is 0 Å². The third-order valence-corrected chi connectivity index (χ3v) is 5.34. The van der Waals surface area contributed by atoms with Gasteiger partial charge in [0.2, 0.25) is 5.16 Å². The van der Waals surface area contributed by atoms with Gasteiger partial charge in [-0.1, -0.05) is 47.1 Å². The number of methoxy groups -OCH3 is 1. The molecule has 0 fully saturated rings. The Hall–Kier alpha value is -2.22. The number of ether oxygens (including phenoxy) is 1. The summed E-state index contributed by atoms with van der Waals surface area (Å²) in [5.41, 5.74) is 2.25. The molecule has 0 atom stereocenters. The maximum Gasteiger partial charge on any atom is 0.337 e. The van der Waals surface area contributed by atoms with Gasteiger partial charge in [0.05, 0.1) is 22.7 Å². The molecule has 2 aromatic carbocycles. The minimum Gasteiger partial charge on any atom is -0.465 e. The molecule has 0 aliphatic rings. The fourth-order valence-electron chi connectivity index (χ4n) is 2.21. The van der Waals surface area contributed by atoms with Crippen LogP contribution >= 0.6 is 35.0 Å². The number of nitrogens with two attached hydrogens (primary N) is 1. The van der Waals surface area contributed by atoms with Crippen LogP contribution in [0.4, 0.5) is 0 Å². The smallest absolute Gasteiger partial charge is 0.337 e. The predicted octanol–water partition coefficient (Wildman–Crippen LogP) is 4.04. The summed E-state index contributed by atoms with van der Waals surface area (Å²) >= 11 is 13.4. The number of nitrogen functional groups attached to an aromatic ring is 1. The zero-order valence-electron chi connectivity index (χ0n) is 13.6. The molecule has 0 aliphatic heterocycles. The maximum atomic E-state index is 11.4. The van der Waals surface area contributed by atoms with Crippen molar-refractivity contribution in [3.63, 3.8) is 0 Å². The number of hydrogen-bond acceptors (Lipinski definition) is 6. The number of carbonyl (C=O) groups is 1. The lowest BCUT2D eigenvalue weighted by molar-refractivity contribution is 0.0600. The zero-order valence-corrected chi connectivity index (χ0v) is 16.0. The number of nitrogens with zero attached hydrogens (tertiary/aromatic N) is 3. The molecule has 0 saturated heterocycles. The number of rotatable bonds is 5. The third-order valence-electron chi connectivity index (χ3n) is 3.59. The standard InChI is InChI=1S/C17H14Cl2N4O2S/c1-25-16(24)11-4-2-10(3-5-11)9-26-17-22-21-15(23(17)20)12-6-7-13(18)14(19)8-12/h2-8H,9,20H2,1H3. The van der Waals surface area contributed by atoms with Gasteiger partial charge in [-0.25, -0.2) is 9.47 Å². The number of esters is 1. The van der Waals surface area contributed by atoms with Crippen LogP contribution in [-0.2, 0) is 10.5 Å². The van der Waals surface area contributed by atoms with Crippen LogP contribution in [0.25, 0.3) is 11.4 Å². The minimum atomic E-state index is -0.364. The Morgan fingerprint density at radius 1 is 1.15 bits per heavy atom. The molecule has 0 amide bonds. The molecule has 0 spiro atoms. The largest absolute Gasteiger partial charge is 0.465 e. The first-order valence-corrected chi connectivity index (χ1v) is 9.19. The molecule has 0 bridgehead atoms. The van der Waals surface area contributed by atoms with Crippen LogP contribution in [0.2, 0.25) is 10.0 Å². The molecule has 0 unspecified atom stereocenters. The SMILES string of the molecule is COC(=O)c1ccc(CSc2nnc(-c3ccc(Cl)c(Cl)c3)n2N)cc1. The molecule has 9 heteroatoms. The van der Waals surface area contributed by atoms with Crippen LogP contribution in [0.1, 0.15) is 15.9 Å². The van der Waals surface area contributed by atoms with Crippen molar-refractivity contribution < 1.29 is 9.53 Å². The van der Waals surface area contributed by atoms with Crippen molar-refractivity contribution in [2.24, 2.45) is 0 Å². The van der Waals surface area contributed by atoms with Crippen LogP contribution in [-0.4, -0.2) is 28.0 Å². The number of thioether (sulfide) groups is 1. The summed E-state index contributed by atoms with van der Waals surface area (Å²) in [5.74, 6) is 6.86. The second kappa shape index (κ2) is 7.99. The van der Waals surface area contributed by atoms with Crippen LogP contribution in [0.15, 0.2) is 47.6 Å². The number of carbonyl (C=O) groups excluding carboxylic acids is 1. The van der Waals surface area contributed by atoms with Crippen LogP contribution in [0.3, 0.4) is 0 Å². The predicted molar refractivity (Wildman–Crippen MR) is 103 cm³/mol. The lowest BCUT2D eigenvalue weighted by Crippen LogP contribution is -2.11. The second-order valence-corrected chi connectivity index (χ2v) is 7.04. The van der Waals surface area contributed by atoms with Gasteiger partial charge < -0.3 is 10.6 Å². The van der Waals surface area contributed by atoms with Gasteiger partial charge in [-0.2, -0.15) is 0 Å². The summed E-state index contributed by atoms with van der Waals surface area (Å²) < 4.78 is 6.09. The van der Waals surface area contributed by atoms with E-state index in [0.29, 0.717) is 32.3 Å². The van der Waals surface area contributed by atoms with Crippen molar-refractivity contribution in [1.82, 2.24) is 14.9 Å². The molecule has 1 heterocycles. The Bertz CT molecular complexity index is 944. The summed E-state index contributed by atoms with van der Waals surface area (Å²) in [5, 5.41) is 9.68. The van der Waals surface area contributed by atoms with E-state index in [2.05, 4.69) is 14.9 Å². The minimum absolute atomic E-state index is 0.364. The zero-order chi connectivity index (χ0) is 18.7. The van der Waals surface area contributed by atoms with Crippen molar-refractivity contribution in [1.29, 1.82) is 0 Å². The number of benzene rings is 2. The Morgan fingerprint density at radius 3 is 2.54 bits per heavy atom. The average molecular weight is 409 g/mol. The molecule has 0 aliphatic carbocycles. The van der Waals surface area contributed by atoms with Crippen LogP contribution < -0.4 is 5.84 Å². The number of halogens is 2. The van der Waals surface area contributed by atoms with E-state index in [4.69, 9.17) is 29.0 Å². The van der Waals surface area contributed by atoms with E-state index in [0.717, 1.165) is 11.1 Å². The van der Waals surface area contributed by atoms with Gasteiger partial charge in [-0.3, -0.25) is 0 Å². The highest BCUT2D eigenvalue weighted by Gasteiger charge is 2.14. The van der Waals surface area contributed by atoms with Crippen molar-refractivity contribution in [3.8, 4) is 11.4 Å². The molecule has 1 aromatic heterocycles. The molecule has 2 N–H and O–H groups in total. The summed E-state index contributed by atoms with van der Waals surface area (Å²) in [6.07, 6.45) is 0. The first-order chi connectivity index (χ1) is 12.5. The second-order valence-electron chi connectivity index (χ2n) is 5.28. The lowest BCUT2D eigenvalue weighted by atomic mass is 10.1. The van der Waals surface area contributed by atoms with E-state index < -0.39 is 0 Å². The van der Waals surface area contributed by atoms with Crippen molar-refractivity contribution in [2.45, 2.75) is 10.9 Å². The Labute approximate surface area is 164 Å². The fourth-order valence-corrected chi connectivity index (χ4v) is 3.32. The maximum absolute atomic E-state index is 11.4. The third kappa shape index (κ3) is 3.95. The highest BCUT2D eigenvalue weighted by atomic mass is 35.5. The van der Waals surface area contributed by atoms with Crippen molar-refractivity contribution in [3.05, 3.63) is 63.6 Å². The van der Waals surface area contributed by atoms with Crippen LogP contribution in [0, 0.1) is 0 Å². The number of hydrogen-bond donors (Lipinski definition) is 1. The van der Waals surface area contributed by atoms with Crippen molar-refractivity contribution >= 4 is 40.9 Å². The lowest BCUT2D eigenvalue weighted by Gasteiger charge is -2.05. The first kappa shape index (κ1) is 18.6. The van der Waals surface area contributed by atoms with E-state index in [1.165, 1.54) is 23.5 Å². The number of aromatic nitrogens is 3. The Morgan fingerprint density at radius 2 is 1.88 bits per heavy atom. The molecular formula is C17H14Cl2N4O2S. The van der Waals surface area contributed by atoms with Crippen LogP contribution in [0.5, 0.6) is 0 Å². The molecule has 0 saturated carbocycles. The Balaban J connectivity index is 1.72. The van der Waals surface area contributed by atoms with Gasteiger partial charge in [-0.05, 0) is 35.9 Å². The molecule has 26 heavy (non-hydrogen) atoms. The molecule has 6 nitrogen and oxygen atoms in total. The van der Waals surface area contributed by atoms with E-state index in [1.807, 2.05) is 12.1 Å². The van der Waals surface area contributed by atoms with E-state index >= 15 is 0 Å². The molecule has 3 rings (SSSR count). The van der Waals surface area contributed by atoms with E-state index in [1.54, 1.807) is 30.3 Å². The van der Waals surface area contributed by atoms with Gasteiger partial charge in [0.15, 0.2) is 5.82 Å². The molecule has 3 aromatic rings.